The number of hydrogen-bond donors (Lipinski definition) is 1. The standard InChI is InChI=1S/C18H12BrCl2F2N3O2/c19-13-9-26(8-10-5-6-11(20)7-14(10)21)25-16(13)24-17(27)12-3-1-2-4-15(12)28-18(22)23/h1-7,9,18H,8H2,(H,24,25,27). The molecule has 5 nitrogen and oxygen atoms in total. The first-order chi connectivity index (χ1) is 13.3. The zero-order valence-electron chi connectivity index (χ0n) is 14.0. The van der Waals surface area contributed by atoms with Gasteiger partial charge in [-0.05, 0) is 45.8 Å². The molecule has 28 heavy (non-hydrogen) atoms. The minimum Gasteiger partial charge on any atom is -0.434 e. The van der Waals surface area contributed by atoms with Crippen LogP contribution in [0.15, 0.2) is 53.1 Å². The number of carbonyl (C=O) groups is 1. The van der Waals surface area contributed by atoms with E-state index in [1.807, 2.05) is 0 Å². The van der Waals surface area contributed by atoms with Gasteiger partial charge in [-0.2, -0.15) is 13.9 Å². The average molecular weight is 491 g/mol. The molecule has 3 rings (SSSR count). The molecule has 0 aliphatic carbocycles. The molecule has 10 heteroatoms. The summed E-state index contributed by atoms with van der Waals surface area (Å²) in [5, 5.41) is 7.87. The summed E-state index contributed by atoms with van der Waals surface area (Å²) in [4.78, 5) is 12.5. The second-order valence-electron chi connectivity index (χ2n) is 5.59. The molecule has 2 aromatic carbocycles. The van der Waals surface area contributed by atoms with E-state index in [9.17, 15) is 13.6 Å². The van der Waals surface area contributed by atoms with Gasteiger partial charge in [-0.15, -0.1) is 0 Å². The van der Waals surface area contributed by atoms with Crippen LogP contribution >= 0.6 is 39.1 Å². The maximum Gasteiger partial charge on any atom is 0.387 e. The van der Waals surface area contributed by atoms with Gasteiger partial charge in [0, 0.05) is 16.2 Å². The van der Waals surface area contributed by atoms with Gasteiger partial charge >= 0.3 is 6.61 Å². The van der Waals surface area contributed by atoms with E-state index in [4.69, 9.17) is 23.2 Å². The normalized spacial score (nSPS) is 10.9. The van der Waals surface area contributed by atoms with E-state index in [-0.39, 0.29) is 17.1 Å². The Labute approximate surface area is 177 Å². The molecule has 0 aliphatic rings. The number of rotatable bonds is 6. The van der Waals surface area contributed by atoms with Gasteiger partial charge in [0.15, 0.2) is 5.82 Å². The quantitative estimate of drug-likeness (QED) is 0.471. The third-order valence-electron chi connectivity index (χ3n) is 3.64. The first-order valence-corrected chi connectivity index (χ1v) is 9.40. The Bertz CT molecular complexity index is 1010. The minimum absolute atomic E-state index is 0.0370. The summed E-state index contributed by atoms with van der Waals surface area (Å²) in [6.45, 7) is -2.70. The number of nitrogens with one attached hydrogen (secondary N) is 1. The van der Waals surface area contributed by atoms with Crippen molar-refractivity contribution in [3.8, 4) is 5.75 Å². The summed E-state index contributed by atoms with van der Waals surface area (Å²) in [5.41, 5.74) is 0.750. The van der Waals surface area contributed by atoms with Crippen molar-refractivity contribution >= 4 is 50.9 Å². The number of para-hydroxylation sites is 1. The number of ether oxygens (including phenoxy) is 1. The lowest BCUT2D eigenvalue weighted by atomic mass is 10.2. The van der Waals surface area contributed by atoms with E-state index < -0.39 is 12.5 Å². The van der Waals surface area contributed by atoms with E-state index in [1.54, 1.807) is 35.1 Å². The second kappa shape index (κ2) is 8.89. The van der Waals surface area contributed by atoms with Crippen LogP contribution in [0.4, 0.5) is 14.6 Å². The van der Waals surface area contributed by atoms with Crippen LogP contribution in [0.1, 0.15) is 15.9 Å². The maximum atomic E-state index is 12.5. The Hall–Kier alpha value is -2.16. The minimum atomic E-state index is -3.04. The number of amides is 1. The molecule has 0 saturated carbocycles. The summed E-state index contributed by atoms with van der Waals surface area (Å²) < 4.78 is 31.5. The zero-order valence-corrected chi connectivity index (χ0v) is 17.1. The second-order valence-corrected chi connectivity index (χ2v) is 7.29. The first-order valence-electron chi connectivity index (χ1n) is 7.85. The van der Waals surface area contributed by atoms with Gasteiger partial charge < -0.3 is 10.1 Å². The Morgan fingerprint density at radius 3 is 2.71 bits per heavy atom. The van der Waals surface area contributed by atoms with Gasteiger partial charge in [0.05, 0.1) is 16.6 Å². The number of alkyl halides is 2. The number of aromatic nitrogens is 2. The molecular formula is C18H12BrCl2F2N3O2. The van der Waals surface area contributed by atoms with Crippen molar-refractivity contribution < 1.29 is 18.3 Å². The Balaban J connectivity index is 1.78. The van der Waals surface area contributed by atoms with E-state index in [2.05, 4.69) is 31.1 Å². The number of carbonyl (C=O) groups excluding carboxylic acids is 1. The van der Waals surface area contributed by atoms with E-state index >= 15 is 0 Å². The highest BCUT2D eigenvalue weighted by Gasteiger charge is 2.18. The van der Waals surface area contributed by atoms with Crippen molar-refractivity contribution in [3.63, 3.8) is 0 Å². The largest absolute Gasteiger partial charge is 0.434 e. The lowest BCUT2D eigenvalue weighted by Crippen LogP contribution is -2.15. The molecule has 0 saturated heterocycles. The van der Waals surface area contributed by atoms with Gasteiger partial charge in [-0.1, -0.05) is 41.4 Å². The third kappa shape index (κ3) is 5.01. The summed E-state index contributed by atoms with van der Waals surface area (Å²) >= 11 is 15.4. The number of hydrogen-bond acceptors (Lipinski definition) is 3. The maximum absolute atomic E-state index is 12.5. The smallest absolute Gasteiger partial charge is 0.387 e. The van der Waals surface area contributed by atoms with Gasteiger partial charge in [0.2, 0.25) is 0 Å². The van der Waals surface area contributed by atoms with Crippen molar-refractivity contribution in [1.29, 1.82) is 0 Å². The molecule has 146 valence electrons. The van der Waals surface area contributed by atoms with E-state index in [1.165, 1.54) is 18.2 Å². The highest BCUT2D eigenvalue weighted by molar-refractivity contribution is 9.10. The van der Waals surface area contributed by atoms with Gasteiger partial charge in [-0.25, -0.2) is 0 Å². The molecule has 0 radical (unpaired) electrons. The lowest BCUT2D eigenvalue weighted by molar-refractivity contribution is -0.0501. The van der Waals surface area contributed by atoms with Gasteiger partial charge in [0.1, 0.15) is 5.75 Å². The van der Waals surface area contributed by atoms with Crippen LogP contribution in [0.2, 0.25) is 10.0 Å². The zero-order chi connectivity index (χ0) is 20.3. The molecule has 1 heterocycles. The fraction of sp³-hybridized carbons (Fsp3) is 0.111. The molecule has 0 unspecified atom stereocenters. The average Bonchev–Trinajstić information content (AvgIpc) is 2.96. The number of benzene rings is 2. The van der Waals surface area contributed by atoms with Gasteiger partial charge in [0.25, 0.3) is 5.91 Å². The SMILES string of the molecule is O=C(Nc1nn(Cc2ccc(Cl)cc2Cl)cc1Br)c1ccccc1OC(F)F. The molecule has 0 aliphatic heterocycles. The first kappa shape index (κ1) is 20.6. The predicted octanol–water partition coefficient (Wildman–Crippen LogP) is 5.85. The summed E-state index contributed by atoms with van der Waals surface area (Å²) in [5.74, 6) is -0.632. The summed E-state index contributed by atoms with van der Waals surface area (Å²) in [6, 6.07) is 10.8. The molecule has 0 bridgehead atoms. The molecule has 1 N–H and O–H groups in total. The number of anilines is 1. The van der Waals surface area contributed by atoms with Crippen LogP contribution in [-0.4, -0.2) is 22.3 Å². The van der Waals surface area contributed by atoms with Crippen LogP contribution in [0.5, 0.6) is 5.75 Å². The lowest BCUT2D eigenvalue weighted by Gasteiger charge is -2.10. The summed E-state index contributed by atoms with van der Waals surface area (Å²) in [6.07, 6.45) is 1.65. The topological polar surface area (TPSA) is 56.2 Å². The number of nitrogens with zero attached hydrogens (tertiary/aromatic N) is 2. The van der Waals surface area contributed by atoms with Crippen LogP contribution in [0.25, 0.3) is 0 Å². The molecule has 1 amide bonds. The molecule has 0 fully saturated rings. The number of halogens is 5. The van der Waals surface area contributed by atoms with E-state index in [0.717, 1.165) is 5.56 Å². The van der Waals surface area contributed by atoms with Crippen molar-refractivity contribution in [2.75, 3.05) is 5.32 Å². The highest BCUT2D eigenvalue weighted by Crippen LogP contribution is 2.26. The molecule has 0 spiro atoms. The van der Waals surface area contributed by atoms with Crippen molar-refractivity contribution in [3.05, 3.63) is 74.3 Å². The van der Waals surface area contributed by atoms with Crippen LogP contribution in [-0.2, 0) is 6.54 Å². The van der Waals surface area contributed by atoms with Crippen LogP contribution < -0.4 is 10.1 Å². The summed E-state index contributed by atoms with van der Waals surface area (Å²) in [7, 11) is 0. The highest BCUT2D eigenvalue weighted by atomic mass is 79.9. The Morgan fingerprint density at radius 1 is 1.25 bits per heavy atom. The molecule has 1 aromatic heterocycles. The third-order valence-corrected chi connectivity index (χ3v) is 4.81. The predicted molar refractivity (Wildman–Crippen MR) is 107 cm³/mol. The van der Waals surface area contributed by atoms with Crippen molar-refractivity contribution in [1.82, 2.24) is 9.78 Å². The Kier molecular flexibility index (Phi) is 6.53. The van der Waals surface area contributed by atoms with Crippen LogP contribution in [0, 0.1) is 0 Å². The monoisotopic (exact) mass is 489 g/mol. The van der Waals surface area contributed by atoms with Crippen molar-refractivity contribution in [2.24, 2.45) is 0 Å². The van der Waals surface area contributed by atoms with Crippen LogP contribution in [0.3, 0.4) is 0 Å². The van der Waals surface area contributed by atoms with E-state index in [0.29, 0.717) is 21.1 Å². The fourth-order valence-electron chi connectivity index (χ4n) is 2.42. The fourth-order valence-corrected chi connectivity index (χ4v) is 3.30. The molecule has 3 aromatic rings. The molecular weight excluding hydrogens is 479 g/mol. The molecule has 0 atom stereocenters. The Morgan fingerprint density at radius 2 is 2.00 bits per heavy atom. The van der Waals surface area contributed by atoms with Crippen molar-refractivity contribution in [2.45, 2.75) is 13.2 Å². The van der Waals surface area contributed by atoms with Gasteiger partial charge in [-0.3, -0.25) is 9.48 Å².